The third-order valence-electron chi connectivity index (χ3n) is 7.69. The molecule has 1 amide bonds. The molecule has 1 aliphatic carbocycles. The third-order valence-corrected chi connectivity index (χ3v) is 7.69. The lowest BCUT2D eigenvalue weighted by Gasteiger charge is -2.28. The van der Waals surface area contributed by atoms with Crippen molar-refractivity contribution in [3.63, 3.8) is 0 Å². The SMILES string of the molecule is CC(C)(C)NC(=O)c1ccc2c(c1)nc(Nc1n[nH]c3ccc(-c4ccccc4OC(F)(F)F)cc13)n2C1CCC(O)CC1. The quantitative estimate of drug-likeness (QED) is 0.162. The molecule has 0 bridgehead atoms. The number of aliphatic hydroxyl groups excluding tert-OH is 1. The van der Waals surface area contributed by atoms with E-state index in [2.05, 4.69) is 30.1 Å². The number of imidazole rings is 1. The number of aliphatic hydroxyl groups is 1. The number of amides is 1. The number of rotatable bonds is 6. The Labute approximate surface area is 251 Å². The Kier molecular flexibility index (Phi) is 7.48. The van der Waals surface area contributed by atoms with Crippen LogP contribution in [-0.4, -0.2) is 48.8 Å². The van der Waals surface area contributed by atoms with Crippen molar-refractivity contribution >= 4 is 39.6 Å². The number of nitrogens with zero attached hydrogens (tertiary/aromatic N) is 3. The molecule has 0 saturated heterocycles. The number of H-pyrrole nitrogens is 1. The van der Waals surface area contributed by atoms with Crippen molar-refractivity contribution in [2.45, 2.75) is 70.5 Å². The highest BCUT2D eigenvalue weighted by atomic mass is 19.4. The number of carbonyl (C=O) groups is 1. The Morgan fingerprint density at radius 3 is 2.50 bits per heavy atom. The number of halogens is 3. The van der Waals surface area contributed by atoms with Crippen LogP contribution in [0, 0.1) is 0 Å². The van der Waals surface area contributed by atoms with Gasteiger partial charge < -0.3 is 25.0 Å². The van der Waals surface area contributed by atoms with Crippen LogP contribution < -0.4 is 15.4 Å². The molecule has 1 saturated carbocycles. The second-order valence-electron chi connectivity index (χ2n) is 12.2. The zero-order valence-electron chi connectivity index (χ0n) is 24.5. The Hall–Kier alpha value is -4.58. The van der Waals surface area contributed by atoms with Crippen LogP contribution in [0.5, 0.6) is 5.75 Å². The molecule has 12 heteroatoms. The van der Waals surface area contributed by atoms with Gasteiger partial charge in [0.15, 0.2) is 5.82 Å². The molecule has 3 aromatic carbocycles. The normalized spacial score (nSPS) is 17.6. The van der Waals surface area contributed by atoms with Gasteiger partial charge in [0.2, 0.25) is 5.95 Å². The first-order valence-corrected chi connectivity index (χ1v) is 14.5. The first-order chi connectivity index (χ1) is 20.8. The highest BCUT2D eigenvalue weighted by Gasteiger charge is 2.32. The van der Waals surface area contributed by atoms with Gasteiger partial charge in [0.05, 0.1) is 22.7 Å². The lowest BCUT2D eigenvalue weighted by molar-refractivity contribution is -0.274. The summed E-state index contributed by atoms with van der Waals surface area (Å²) in [7, 11) is 0. The number of fused-ring (bicyclic) bond motifs is 2. The van der Waals surface area contributed by atoms with E-state index >= 15 is 0 Å². The van der Waals surface area contributed by atoms with Crippen molar-refractivity contribution in [1.82, 2.24) is 25.1 Å². The summed E-state index contributed by atoms with van der Waals surface area (Å²) in [4.78, 5) is 17.8. The lowest BCUT2D eigenvalue weighted by Crippen LogP contribution is -2.40. The summed E-state index contributed by atoms with van der Waals surface area (Å²) in [5.74, 6) is 0.443. The molecule has 9 nitrogen and oxygen atoms in total. The number of hydrogen-bond donors (Lipinski definition) is 4. The molecule has 0 atom stereocenters. The van der Waals surface area contributed by atoms with E-state index in [-0.39, 0.29) is 29.4 Å². The predicted molar refractivity (Wildman–Crippen MR) is 162 cm³/mol. The maximum absolute atomic E-state index is 13.1. The van der Waals surface area contributed by atoms with Gasteiger partial charge in [-0.25, -0.2) is 4.98 Å². The summed E-state index contributed by atoms with van der Waals surface area (Å²) in [6.45, 7) is 5.75. The molecule has 1 aliphatic rings. The number of para-hydroxylation sites is 1. The fourth-order valence-electron chi connectivity index (χ4n) is 5.73. The molecule has 4 N–H and O–H groups in total. The Bertz CT molecular complexity index is 1830. The summed E-state index contributed by atoms with van der Waals surface area (Å²) in [5, 5.41) is 24.6. The topological polar surface area (TPSA) is 117 Å². The van der Waals surface area contributed by atoms with E-state index in [1.54, 1.807) is 42.5 Å². The molecule has 5 aromatic rings. The van der Waals surface area contributed by atoms with Crippen LogP contribution in [0.3, 0.4) is 0 Å². The van der Waals surface area contributed by atoms with Crippen LogP contribution in [0.2, 0.25) is 0 Å². The molecule has 0 unspecified atom stereocenters. The minimum Gasteiger partial charge on any atom is -0.405 e. The van der Waals surface area contributed by atoms with Crippen LogP contribution in [0.1, 0.15) is 62.9 Å². The van der Waals surface area contributed by atoms with Gasteiger partial charge in [0.1, 0.15) is 5.75 Å². The lowest BCUT2D eigenvalue weighted by atomic mass is 9.93. The fraction of sp³-hybridized carbons (Fsp3) is 0.344. The van der Waals surface area contributed by atoms with Gasteiger partial charge in [-0.1, -0.05) is 24.3 Å². The maximum atomic E-state index is 13.1. The van der Waals surface area contributed by atoms with Crippen molar-refractivity contribution in [1.29, 1.82) is 0 Å². The molecule has 0 aliphatic heterocycles. The molecule has 230 valence electrons. The second kappa shape index (κ2) is 11.2. The average molecular weight is 607 g/mol. The van der Waals surface area contributed by atoms with Gasteiger partial charge in [-0.15, -0.1) is 13.2 Å². The van der Waals surface area contributed by atoms with Gasteiger partial charge in [0, 0.05) is 28.1 Å². The highest BCUT2D eigenvalue weighted by Crippen LogP contribution is 2.38. The van der Waals surface area contributed by atoms with E-state index in [4.69, 9.17) is 4.98 Å². The number of carbonyl (C=O) groups excluding carboxylic acids is 1. The van der Waals surface area contributed by atoms with E-state index in [0.717, 1.165) is 18.4 Å². The molecule has 0 spiro atoms. The fourth-order valence-corrected chi connectivity index (χ4v) is 5.73. The van der Waals surface area contributed by atoms with E-state index in [1.165, 1.54) is 12.1 Å². The Morgan fingerprint density at radius 1 is 1.02 bits per heavy atom. The number of hydrogen-bond acceptors (Lipinski definition) is 6. The van der Waals surface area contributed by atoms with Crippen molar-refractivity contribution in [3.8, 4) is 16.9 Å². The minimum absolute atomic E-state index is 0.0484. The van der Waals surface area contributed by atoms with Gasteiger partial charge in [-0.3, -0.25) is 9.89 Å². The molecular formula is C32H33F3N6O3. The smallest absolute Gasteiger partial charge is 0.405 e. The number of benzene rings is 3. The molecule has 2 aromatic heterocycles. The van der Waals surface area contributed by atoms with Crippen molar-refractivity contribution in [2.75, 3.05) is 5.32 Å². The zero-order chi connectivity index (χ0) is 31.2. The molecule has 0 radical (unpaired) electrons. The number of alkyl halides is 3. The average Bonchev–Trinajstić information content (AvgIpc) is 3.52. The van der Waals surface area contributed by atoms with Crippen LogP contribution in [0.25, 0.3) is 33.1 Å². The summed E-state index contributed by atoms with van der Waals surface area (Å²) in [6.07, 6.45) is -2.37. The largest absolute Gasteiger partial charge is 0.573 e. The van der Waals surface area contributed by atoms with E-state index in [1.807, 2.05) is 26.8 Å². The third kappa shape index (κ3) is 6.21. The number of anilines is 2. The Balaban J connectivity index is 1.40. The number of nitrogens with one attached hydrogen (secondary N) is 3. The maximum Gasteiger partial charge on any atom is 0.573 e. The molecular weight excluding hydrogens is 573 g/mol. The van der Waals surface area contributed by atoms with Crippen LogP contribution >= 0.6 is 0 Å². The standard InChI is InChI=1S/C32H33F3N6O3/c1-31(2,3)38-29(43)19-9-15-26-25(17-19)36-30(41(26)20-10-12-21(42)13-11-20)37-28-23-16-18(8-14-24(23)39-40-28)22-6-4-5-7-27(22)44-32(33,34)35/h4-9,14-17,20-21,42H,10-13H2,1-3H3,(H,38,43)(H2,36,37,39,40). The van der Waals surface area contributed by atoms with Crippen molar-refractivity contribution in [3.05, 3.63) is 66.2 Å². The van der Waals surface area contributed by atoms with E-state index < -0.39 is 11.9 Å². The minimum atomic E-state index is -4.83. The molecule has 44 heavy (non-hydrogen) atoms. The highest BCUT2D eigenvalue weighted by molar-refractivity contribution is 5.99. The second-order valence-corrected chi connectivity index (χ2v) is 12.2. The monoisotopic (exact) mass is 606 g/mol. The van der Waals surface area contributed by atoms with Gasteiger partial charge in [-0.2, -0.15) is 5.10 Å². The molecule has 6 rings (SSSR count). The van der Waals surface area contributed by atoms with Gasteiger partial charge in [-0.05, 0) is 88.4 Å². The number of aromatic nitrogens is 4. The number of aromatic amines is 1. The van der Waals surface area contributed by atoms with Crippen molar-refractivity contribution < 1.29 is 27.8 Å². The van der Waals surface area contributed by atoms with Crippen molar-refractivity contribution in [2.24, 2.45) is 0 Å². The summed E-state index contributed by atoms with van der Waals surface area (Å²) in [6, 6.07) is 16.7. The first kappa shape index (κ1) is 29.5. The summed E-state index contributed by atoms with van der Waals surface area (Å²) in [5.41, 5.74) is 3.02. The van der Waals surface area contributed by atoms with E-state index in [0.29, 0.717) is 52.2 Å². The summed E-state index contributed by atoms with van der Waals surface area (Å²) < 4.78 is 45.7. The molecule has 2 heterocycles. The van der Waals surface area contributed by atoms with Crippen LogP contribution in [-0.2, 0) is 0 Å². The number of ether oxygens (including phenoxy) is 1. The molecule has 1 fully saturated rings. The predicted octanol–water partition coefficient (Wildman–Crippen LogP) is 7.23. The van der Waals surface area contributed by atoms with E-state index in [9.17, 15) is 23.1 Å². The zero-order valence-corrected chi connectivity index (χ0v) is 24.5. The Morgan fingerprint density at radius 2 is 1.77 bits per heavy atom. The van der Waals surface area contributed by atoms with Gasteiger partial charge >= 0.3 is 6.36 Å². The summed E-state index contributed by atoms with van der Waals surface area (Å²) >= 11 is 0. The van der Waals surface area contributed by atoms with Crippen LogP contribution in [0.4, 0.5) is 24.9 Å². The van der Waals surface area contributed by atoms with Gasteiger partial charge in [0.25, 0.3) is 5.91 Å². The van der Waals surface area contributed by atoms with Crippen LogP contribution in [0.15, 0.2) is 60.7 Å². The first-order valence-electron chi connectivity index (χ1n) is 14.5.